The molecule has 3 rings (SSSR count). The first-order chi connectivity index (χ1) is 17.0. The molecule has 3 atom stereocenters. The highest BCUT2D eigenvalue weighted by molar-refractivity contribution is 7.09. The zero-order chi connectivity index (χ0) is 26.3. The predicted octanol–water partition coefficient (Wildman–Crippen LogP) is 6.47. The summed E-state index contributed by atoms with van der Waals surface area (Å²) in [7, 11) is 0. The lowest BCUT2D eigenvalue weighted by molar-refractivity contribution is -0.123. The van der Waals surface area contributed by atoms with Crippen molar-refractivity contribution in [3.63, 3.8) is 0 Å². The molecule has 2 aromatic rings. The molecular formula is C29H43N3O3S. The van der Waals surface area contributed by atoms with E-state index >= 15 is 0 Å². The highest BCUT2D eigenvalue weighted by Gasteiger charge is 2.29. The van der Waals surface area contributed by atoms with Gasteiger partial charge in [0.1, 0.15) is 23.1 Å². The van der Waals surface area contributed by atoms with Crippen molar-refractivity contribution in [2.45, 2.75) is 105 Å². The van der Waals surface area contributed by atoms with Gasteiger partial charge in [-0.05, 0) is 54.2 Å². The number of carbonyl (C=O) groups excluding carboxylic acids is 2. The molecule has 36 heavy (non-hydrogen) atoms. The van der Waals surface area contributed by atoms with Crippen LogP contribution in [0.2, 0.25) is 0 Å². The van der Waals surface area contributed by atoms with Crippen molar-refractivity contribution in [3.05, 3.63) is 45.9 Å². The number of thiazole rings is 1. The zero-order valence-corrected chi connectivity index (χ0v) is 23.5. The van der Waals surface area contributed by atoms with Gasteiger partial charge >= 0.3 is 0 Å². The van der Waals surface area contributed by atoms with Gasteiger partial charge in [-0.2, -0.15) is 0 Å². The van der Waals surface area contributed by atoms with Crippen molar-refractivity contribution >= 4 is 23.2 Å². The molecule has 0 radical (unpaired) electrons. The van der Waals surface area contributed by atoms with Crippen LogP contribution in [0.1, 0.15) is 107 Å². The molecule has 0 bridgehead atoms. The minimum atomic E-state index is -0.189. The zero-order valence-electron chi connectivity index (χ0n) is 22.7. The van der Waals surface area contributed by atoms with Gasteiger partial charge in [0.2, 0.25) is 5.91 Å². The molecule has 7 heteroatoms. The van der Waals surface area contributed by atoms with Crippen LogP contribution in [0.3, 0.4) is 0 Å². The highest BCUT2D eigenvalue weighted by atomic mass is 32.1. The predicted molar refractivity (Wildman–Crippen MR) is 146 cm³/mol. The minimum Gasteiger partial charge on any atom is -0.486 e. The van der Waals surface area contributed by atoms with E-state index in [2.05, 4.69) is 69.3 Å². The Labute approximate surface area is 220 Å². The second-order valence-electron chi connectivity index (χ2n) is 11.8. The maximum absolute atomic E-state index is 12.9. The lowest BCUT2D eigenvalue weighted by atomic mass is 9.84. The summed E-state index contributed by atoms with van der Waals surface area (Å²) in [5.41, 5.74) is 1.88. The number of ether oxygens (including phenoxy) is 1. The third-order valence-corrected chi connectivity index (χ3v) is 7.44. The number of nitrogens with one attached hydrogen (secondary N) is 2. The van der Waals surface area contributed by atoms with Crippen LogP contribution < -0.4 is 15.4 Å². The van der Waals surface area contributed by atoms with E-state index in [0.717, 1.165) is 42.9 Å². The van der Waals surface area contributed by atoms with E-state index in [9.17, 15) is 9.59 Å². The molecule has 1 fully saturated rings. The van der Waals surface area contributed by atoms with Gasteiger partial charge < -0.3 is 15.4 Å². The fourth-order valence-electron chi connectivity index (χ4n) is 4.99. The molecule has 1 aromatic heterocycles. The SMILES string of the molecule is CC(CC(=O)NC1CCCCC1NC(=O)c1csc(COc2ccc(C(C)C)cc2)n1)CC(C)(C)C. The fourth-order valence-corrected chi connectivity index (χ4v) is 5.68. The van der Waals surface area contributed by atoms with Crippen LogP contribution in [0.15, 0.2) is 29.6 Å². The standard InChI is InChI=1S/C29H43N3O3S/c1-19(2)21-11-13-22(14-12-21)35-17-27-31-25(18-36-27)28(34)32-24-10-8-7-9-23(24)30-26(33)15-20(3)16-29(4,5)6/h11-14,18-20,23-24H,7-10,15-17H2,1-6H3,(H,30,33)(H,32,34). The Hall–Kier alpha value is -2.41. The molecular weight excluding hydrogens is 470 g/mol. The van der Waals surface area contributed by atoms with Crippen molar-refractivity contribution < 1.29 is 14.3 Å². The molecule has 1 aromatic carbocycles. The van der Waals surface area contributed by atoms with Crippen molar-refractivity contribution in [1.82, 2.24) is 15.6 Å². The summed E-state index contributed by atoms with van der Waals surface area (Å²) >= 11 is 1.42. The van der Waals surface area contributed by atoms with E-state index in [4.69, 9.17) is 4.74 Å². The average molecular weight is 514 g/mol. The minimum absolute atomic E-state index is 0.0349. The molecule has 2 amide bonds. The van der Waals surface area contributed by atoms with Crippen molar-refractivity contribution in [1.29, 1.82) is 0 Å². The van der Waals surface area contributed by atoms with Crippen LogP contribution in [0.25, 0.3) is 0 Å². The third kappa shape index (κ3) is 8.91. The number of nitrogens with zero attached hydrogens (tertiary/aromatic N) is 1. The van der Waals surface area contributed by atoms with E-state index in [0.29, 0.717) is 30.6 Å². The third-order valence-electron chi connectivity index (χ3n) is 6.62. The number of rotatable bonds is 10. The van der Waals surface area contributed by atoms with E-state index < -0.39 is 0 Å². The lowest BCUT2D eigenvalue weighted by Crippen LogP contribution is -2.53. The summed E-state index contributed by atoms with van der Waals surface area (Å²) in [6.45, 7) is 13.4. The van der Waals surface area contributed by atoms with Crippen LogP contribution in [-0.4, -0.2) is 28.9 Å². The van der Waals surface area contributed by atoms with Crippen molar-refractivity contribution in [2.24, 2.45) is 11.3 Å². The van der Waals surface area contributed by atoms with Crippen LogP contribution in [0.5, 0.6) is 5.75 Å². The lowest BCUT2D eigenvalue weighted by Gasteiger charge is -2.33. The molecule has 2 N–H and O–H groups in total. The summed E-state index contributed by atoms with van der Waals surface area (Å²) in [6, 6.07) is 7.98. The summed E-state index contributed by atoms with van der Waals surface area (Å²) in [4.78, 5) is 30.1. The molecule has 1 heterocycles. The van der Waals surface area contributed by atoms with Gasteiger partial charge in [-0.1, -0.05) is 66.5 Å². The van der Waals surface area contributed by atoms with E-state index in [1.165, 1.54) is 16.9 Å². The second-order valence-corrected chi connectivity index (χ2v) is 12.7. The maximum Gasteiger partial charge on any atom is 0.271 e. The normalized spacial score (nSPS) is 19.1. The van der Waals surface area contributed by atoms with Gasteiger partial charge in [-0.15, -0.1) is 11.3 Å². The van der Waals surface area contributed by atoms with Gasteiger partial charge in [-0.3, -0.25) is 9.59 Å². The summed E-state index contributed by atoms with van der Waals surface area (Å²) in [5, 5.41) is 8.88. The molecule has 1 saturated carbocycles. The monoisotopic (exact) mass is 513 g/mol. The largest absolute Gasteiger partial charge is 0.486 e. The average Bonchev–Trinajstić information content (AvgIpc) is 3.27. The van der Waals surface area contributed by atoms with E-state index in [1.54, 1.807) is 5.38 Å². The van der Waals surface area contributed by atoms with Gasteiger partial charge in [0.15, 0.2) is 0 Å². The Kier molecular flexibility index (Phi) is 9.94. The summed E-state index contributed by atoms with van der Waals surface area (Å²) in [5.74, 6) is 1.48. The second kappa shape index (κ2) is 12.7. The summed E-state index contributed by atoms with van der Waals surface area (Å²) < 4.78 is 5.86. The van der Waals surface area contributed by atoms with Crippen molar-refractivity contribution in [3.8, 4) is 5.75 Å². The van der Waals surface area contributed by atoms with E-state index in [1.807, 2.05) is 12.1 Å². The molecule has 198 valence electrons. The number of amides is 2. The number of carbonyl (C=O) groups is 2. The van der Waals surface area contributed by atoms with Gasteiger partial charge in [0, 0.05) is 23.9 Å². The molecule has 0 aliphatic heterocycles. The van der Waals surface area contributed by atoms with Crippen LogP contribution in [0.4, 0.5) is 0 Å². The Morgan fingerprint density at radius 3 is 2.31 bits per heavy atom. The van der Waals surface area contributed by atoms with Crippen molar-refractivity contribution in [2.75, 3.05) is 0 Å². The van der Waals surface area contributed by atoms with Gasteiger partial charge in [0.05, 0.1) is 0 Å². The maximum atomic E-state index is 12.9. The molecule has 1 aliphatic carbocycles. The number of hydrogen-bond donors (Lipinski definition) is 2. The number of hydrogen-bond acceptors (Lipinski definition) is 5. The number of benzene rings is 1. The summed E-state index contributed by atoms with van der Waals surface area (Å²) in [6.07, 6.45) is 5.37. The van der Waals surface area contributed by atoms with Crippen LogP contribution in [-0.2, 0) is 11.4 Å². The van der Waals surface area contributed by atoms with Crippen LogP contribution in [0, 0.1) is 11.3 Å². The Bertz CT molecular complexity index is 994. The highest BCUT2D eigenvalue weighted by Crippen LogP contribution is 2.26. The molecule has 0 saturated heterocycles. The van der Waals surface area contributed by atoms with Gasteiger partial charge in [0.25, 0.3) is 5.91 Å². The fraction of sp³-hybridized carbons (Fsp3) is 0.621. The molecule has 1 aliphatic rings. The first-order valence-corrected chi connectivity index (χ1v) is 14.2. The Balaban J connectivity index is 1.51. The Morgan fingerprint density at radius 1 is 1.06 bits per heavy atom. The first-order valence-electron chi connectivity index (χ1n) is 13.3. The smallest absolute Gasteiger partial charge is 0.271 e. The quantitative estimate of drug-likeness (QED) is 0.382. The first kappa shape index (κ1) is 28.2. The van der Waals surface area contributed by atoms with Gasteiger partial charge in [-0.25, -0.2) is 4.98 Å². The number of aromatic nitrogens is 1. The Morgan fingerprint density at radius 2 is 1.69 bits per heavy atom. The molecule has 6 nitrogen and oxygen atoms in total. The molecule has 3 unspecified atom stereocenters. The van der Waals surface area contributed by atoms with E-state index in [-0.39, 0.29) is 29.3 Å². The topological polar surface area (TPSA) is 80.3 Å². The molecule has 0 spiro atoms. The van der Waals surface area contributed by atoms with Crippen LogP contribution >= 0.6 is 11.3 Å².